The van der Waals surface area contributed by atoms with Gasteiger partial charge in [0.25, 0.3) is 0 Å². The first-order chi connectivity index (χ1) is 8.00. The molecule has 90 valence electrons. The van der Waals surface area contributed by atoms with E-state index in [1.165, 1.54) is 5.56 Å². The molecule has 17 heavy (non-hydrogen) atoms. The zero-order chi connectivity index (χ0) is 12.6. The van der Waals surface area contributed by atoms with Gasteiger partial charge in [-0.25, -0.2) is 0 Å². The Morgan fingerprint density at radius 1 is 1.18 bits per heavy atom. The molecule has 3 heteroatoms. The highest BCUT2D eigenvalue weighted by atomic mass is 79.9. The van der Waals surface area contributed by atoms with Gasteiger partial charge < -0.3 is 9.52 Å². The quantitative estimate of drug-likeness (QED) is 0.906. The molecule has 0 amide bonds. The number of aryl methyl sites for hydroxylation is 3. The van der Waals surface area contributed by atoms with Crippen molar-refractivity contribution in [2.45, 2.75) is 26.9 Å². The minimum atomic E-state index is -0.649. The monoisotopic (exact) mass is 294 g/mol. The van der Waals surface area contributed by atoms with Crippen molar-refractivity contribution in [2.75, 3.05) is 0 Å². The second-order valence-electron chi connectivity index (χ2n) is 4.36. The van der Waals surface area contributed by atoms with Gasteiger partial charge >= 0.3 is 0 Å². The lowest BCUT2D eigenvalue weighted by atomic mass is 9.93. The molecule has 2 aromatic rings. The number of aliphatic hydroxyl groups excluding tert-OH is 1. The SMILES string of the molecule is Cc1cc(C)c(C(O)c2ccoc2Br)c(C)c1. The number of benzene rings is 1. The average Bonchev–Trinajstić information content (AvgIpc) is 2.62. The summed E-state index contributed by atoms with van der Waals surface area (Å²) in [5.41, 5.74) is 5.13. The highest BCUT2D eigenvalue weighted by Gasteiger charge is 2.19. The first-order valence-electron chi connectivity index (χ1n) is 5.49. The van der Waals surface area contributed by atoms with Crippen LogP contribution >= 0.6 is 15.9 Å². The van der Waals surface area contributed by atoms with E-state index < -0.39 is 6.10 Å². The molecule has 1 heterocycles. The highest BCUT2D eigenvalue weighted by molar-refractivity contribution is 9.10. The summed E-state index contributed by atoms with van der Waals surface area (Å²) < 4.78 is 5.75. The van der Waals surface area contributed by atoms with Crippen LogP contribution in [0.1, 0.15) is 33.9 Å². The fourth-order valence-electron chi connectivity index (χ4n) is 2.28. The normalized spacial score (nSPS) is 12.8. The lowest BCUT2D eigenvalue weighted by Gasteiger charge is -2.16. The van der Waals surface area contributed by atoms with Crippen LogP contribution in [-0.2, 0) is 0 Å². The summed E-state index contributed by atoms with van der Waals surface area (Å²) in [4.78, 5) is 0. The number of halogens is 1. The molecule has 0 saturated carbocycles. The first-order valence-corrected chi connectivity index (χ1v) is 6.28. The third-order valence-electron chi connectivity index (χ3n) is 2.95. The Labute approximate surface area is 109 Å². The maximum atomic E-state index is 10.4. The third-order valence-corrected chi connectivity index (χ3v) is 3.60. The molecule has 1 atom stereocenters. The standard InChI is InChI=1S/C14H15BrO2/c1-8-6-9(2)12(10(3)7-8)13(16)11-4-5-17-14(11)15/h4-7,13,16H,1-3H3. The van der Waals surface area contributed by atoms with E-state index in [4.69, 9.17) is 4.42 Å². The molecule has 2 rings (SSSR count). The van der Waals surface area contributed by atoms with Crippen LogP contribution in [0.3, 0.4) is 0 Å². The lowest BCUT2D eigenvalue weighted by Crippen LogP contribution is -2.04. The average molecular weight is 295 g/mol. The molecule has 0 aliphatic heterocycles. The van der Waals surface area contributed by atoms with Gasteiger partial charge in [0, 0.05) is 5.56 Å². The first kappa shape index (κ1) is 12.4. The maximum Gasteiger partial charge on any atom is 0.175 e. The summed E-state index contributed by atoms with van der Waals surface area (Å²) in [6.07, 6.45) is 0.922. The zero-order valence-electron chi connectivity index (χ0n) is 10.1. The van der Waals surface area contributed by atoms with E-state index in [-0.39, 0.29) is 0 Å². The highest BCUT2D eigenvalue weighted by Crippen LogP contribution is 2.33. The number of aliphatic hydroxyl groups is 1. The van der Waals surface area contributed by atoms with E-state index in [0.717, 1.165) is 22.3 Å². The van der Waals surface area contributed by atoms with E-state index in [2.05, 4.69) is 35.0 Å². The van der Waals surface area contributed by atoms with E-state index in [0.29, 0.717) is 4.67 Å². The Hall–Kier alpha value is -1.06. The minimum Gasteiger partial charge on any atom is -0.457 e. The van der Waals surface area contributed by atoms with Crippen molar-refractivity contribution in [1.82, 2.24) is 0 Å². The van der Waals surface area contributed by atoms with Crippen molar-refractivity contribution < 1.29 is 9.52 Å². The number of furan rings is 1. The summed E-state index contributed by atoms with van der Waals surface area (Å²) >= 11 is 3.30. The van der Waals surface area contributed by atoms with Gasteiger partial charge in [0.05, 0.1) is 6.26 Å². The second-order valence-corrected chi connectivity index (χ2v) is 5.08. The lowest BCUT2D eigenvalue weighted by molar-refractivity contribution is 0.216. The van der Waals surface area contributed by atoms with Crippen molar-refractivity contribution in [3.05, 3.63) is 56.9 Å². The Balaban J connectivity index is 2.51. The molecule has 0 aliphatic rings. The van der Waals surface area contributed by atoms with E-state index in [1.807, 2.05) is 13.8 Å². The Kier molecular flexibility index (Phi) is 3.40. The van der Waals surface area contributed by atoms with Gasteiger partial charge in [0.1, 0.15) is 6.10 Å². The molecule has 0 saturated heterocycles. The Bertz CT molecular complexity index is 520. The van der Waals surface area contributed by atoms with Crippen molar-refractivity contribution in [2.24, 2.45) is 0 Å². The smallest absolute Gasteiger partial charge is 0.175 e. The van der Waals surface area contributed by atoms with Gasteiger partial charge in [-0.1, -0.05) is 17.7 Å². The number of hydrogen-bond donors (Lipinski definition) is 1. The predicted octanol–water partition coefficient (Wildman–Crippen LogP) is 4.05. The Morgan fingerprint density at radius 3 is 2.24 bits per heavy atom. The number of hydrogen-bond acceptors (Lipinski definition) is 2. The van der Waals surface area contributed by atoms with Crippen molar-refractivity contribution in [3.8, 4) is 0 Å². The van der Waals surface area contributed by atoms with Crippen LogP contribution < -0.4 is 0 Å². The van der Waals surface area contributed by atoms with Crippen LogP contribution in [0.15, 0.2) is 33.5 Å². The van der Waals surface area contributed by atoms with E-state index in [9.17, 15) is 5.11 Å². The van der Waals surface area contributed by atoms with Crippen molar-refractivity contribution >= 4 is 15.9 Å². The summed E-state index contributed by atoms with van der Waals surface area (Å²) in [7, 11) is 0. The van der Waals surface area contributed by atoms with Crippen LogP contribution in [-0.4, -0.2) is 5.11 Å². The molecular formula is C14H15BrO2. The Morgan fingerprint density at radius 2 is 1.76 bits per heavy atom. The zero-order valence-corrected chi connectivity index (χ0v) is 11.7. The molecule has 2 nitrogen and oxygen atoms in total. The summed E-state index contributed by atoms with van der Waals surface area (Å²) in [6.45, 7) is 6.10. The molecule has 1 unspecified atom stereocenters. The van der Waals surface area contributed by atoms with E-state index >= 15 is 0 Å². The molecule has 0 fully saturated rings. The van der Waals surface area contributed by atoms with Gasteiger partial charge in [-0.15, -0.1) is 0 Å². The van der Waals surface area contributed by atoms with Crippen LogP contribution in [0.25, 0.3) is 0 Å². The fraction of sp³-hybridized carbons (Fsp3) is 0.286. The summed E-state index contributed by atoms with van der Waals surface area (Å²) in [6, 6.07) is 5.95. The molecule has 1 aromatic carbocycles. The summed E-state index contributed by atoms with van der Waals surface area (Å²) in [5.74, 6) is 0. The second kappa shape index (κ2) is 4.67. The van der Waals surface area contributed by atoms with Crippen molar-refractivity contribution in [3.63, 3.8) is 0 Å². The van der Waals surface area contributed by atoms with Crippen LogP contribution in [0.5, 0.6) is 0 Å². The van der Waals surface area contributed by atoms with Crippen molar-refractivity contribution in [1.29, 1.82) is 0 Å². The largest absolute Gasteiger partial charge is 0.457 e. The molecule has 1 N–H and O–H groups in total. The third kappa shape index (κ3) is 2.31. The predicted molar refractivity (Wildman–Crippen MR) is 71.1 cm³/mol. The molecule has 0 bridgehead atoms. The number of rotatable bonds is 2. The molecule has 0 radical (unpaired) electrons. The minimum absolute atomic E-state index is 0.587. The van der Waals surface area contributed by atoms with Crippen LogP contribution in [0.2, 0.25) is 0 Å². The van der Waals surface area contributed by atoms with Gasteiger partial charge in [0.2, 0.25) is 0 Å². The van der Waals surface area contributed by atoms with Gasteiger partial charge in [-0.3, -0.25) is 0 Å². The topological polar surface area (TPSA) is 33.4 Å². The molecule has 1 aromatic heterocycles. The van der Waals surface area contributed by atoms with Crippen LogP contribution in [0, 0.1) is 20.8 Å². The molecule has 0 spiro atoms. The maximum absolute atomic E-state index is 10.4. The summed E-state index contributed by atoms with van der Waals surface area (Å²) in [5, 5.41) is 10.4. The van der Waals surface area contributed by atoms with E-state index in [1.54, 1.807) is 12.3 Å². The molecule has 0 aliphatic carbocycles. The fourth-order valence-corrected chi connectivity index (χ4v) is 2.73. The van der Waals surface area contributed by atoms with Gasteiger partial charge in [0.15, 0.2) is 4.67 Å². The molecular weight excluding hydrogens is 280 g/mol. The van der Waals surface area contributed by atoms with Crippen LogP contribution in [0.4, 0.5) is 0 Å². The van der Waals surface area contributed by atoms with Gasteiger partial charge in [-0.2, -0.15) is 0 Å². The van der Waals surface area contributed by atoms with Gasteiger partial charge in [-0.05, 0) is 59.5 Å².